The predicted molar refractivity (Wildman–Crippen MR) is 57.9 cm³/mol. The maximum atomic E-state index is 3.84. The van der Waals surface area contributed by atoms with Crippen LogP contribution in [0.5, 0.6) is 0 Å². The van der Waals surface area contributed by atoms with E-state index in [0.717, 1.165) is 6.42 Å². The van der Waals surface area contributed by atoms with Crippen LogP contribution in [0.2, 0.25) is 0 Å². The Morgan fingerprint density at radius 3 is 1.40 bits per heavy atom. The molecule has 0 N–H and O–H groups in total. The van der Waals surface area contributed by atoms with E-state index in [1.54, 1.807) is 0 Å². The number of hydrogen-bond acceptors (Lipinski definition) is 0. The molecule has 0 rings (SSSR count). The average Bonchev–Trinajstić information content (AvgIpc) is 2.10. The van der Waals surface area contributed by atoms with Crippen LogP contribution in [0, 0.1) is 6.92 Å². The molecule has 0 heterocycles. The molecule has 0 aromatic carbocycles. The van der Waals surface area contributed by atoms with Crippen molar-refractivity contribution in [1.82, 2.24) is 0 Å². The minimum absolute atomic E-state index is 0. The van der Waals surface area contributed by atoms with Gasteiger partial charge in [0.15, 0.2) is 0 Å². The Morgan fingerprint density at radius 2 is 1.07 bits per heavy atom. The summed E-state index contributed by atoms with van der Waals surface area (Å²) in [6.07, 6.45) is 13.9. The molecule has 0 aliphatic heterocycles. The predicted octanol–water partition coefficient (Wildman–Crippen LogP) is 1.62. The Morgan fingerprint density at radius 1 is 0.733 bits per heavy atom. The van der Waals surface area contributed by atoms with Crippen LogP contribution in [0.25, 0.3) is 0 Å². The largest absolute Gasteiger partial charge is 2.00 e. The number of hydrogen-bond donors (Lipinski definition) is 0. The Bertz CT molecular complexity index is 72.0. The van der Waals surface area contributed by atoms with Gasteiger partial charge in [0, 0.05) is 0 Å². The Kier molecular flexibility index (Phi) is 41.6. The van der Waals surface area contributed by atoms with Gasteiger partial charge in [-0.15, -0.1) is 0 Å². The quantitative estimate of drug-likeness (QED) is 0.344. The van der Waals surface area contributed by atoms with E-state index in [-0.39, 0.29) is 52.1 Å². The van der Waals surface area contributed by atoms with Crippen molar-refractivity contribution in [3.8, 4) is 0 Å². The molecule has 0 aliphatic carbocycles. The minimum Gasteiger partial charge on any atom is -2.00 e. The van der Waals surface area contributed by atoms with E-state index in [9.17, 15) is 0 Å². The molecule has 15 heavy (non-hydrogen) atoms. The van der Waals surface area contributed by atoms with Gasteiger partial charge in [-0.05, 0) is 0 Å². The second kappa shape index (κ2) is 24.6. The van der Waals surface area contributed by atoms with Crippen LogP contribution in [-0.4, -0.2) is 0 Å². The zero-order valence-corrected chi connectivity index (χ0v) is 13.6. The van der Waals surface area contributed by atoms with Gasteiger partial charge in [-0.25, -0.2) is 0 Å². The SMILES string of the molecule is [CH2-]CCCCCCCCCCC.[Fe+2].[Na+].[O-2]. The van der Waals surface area contributed by atoms with Crippen molar-refractivity contribution in [2.24, 2.45) is 0 Å². The van der Waals surface area contributed by atoms with Gasteiger partial charge in [0.25, 0.3) is 0 Å². The van der Waals surface area contributed by atoms with E-state index in [4.69, 9.17) is 0 Å². The van der Waals surface area contributed by atoms with Crippen molar-refractivity contribution in [3.63, 3.8) is 0 Å². The molecule has 0 saturated carbocycles. The molecule has 0 atom stereocenters. The van der Waals surface area contributed by atoms with E-state index < -0.39 is 0 Å². The summed E-state index contributed by atoms with van der Waals surface area (Å²) in [4.78, 5) is 0. The zero-order chi connectivity index (χ0) is 9.07. The summed E-state index contributed by atoms with van der Waals surface area (Å²) in [5, 5.41) is 0. The fourth-order valence-corrected chi connectivity index (χ4v) is 1.49. The van der Waals surface area contributed by atoms with Crippen LogP contribution >= 0.6 is 0 Å². The van der Waals surface area contributed by atoms with E-state index in [2.05, 4.69) is 13.8 Å². The van der Waals surface area contributed by atoms with Crippen molar-refractivity contribution >= 4 is 0 Å². The Balaban J connectivity index is -0.000000202. The molecule has 0 amide bonds. The topological polar surface area (TPSA) is 28.5 Å². The summed E-state index contributed by atoms with van der Waals surface area (Å²) in [5.74, 6) is 0. The normalized spacial score (nSPS) is 8.40. The number of unbranched alkanes of at least 4 members (excludes halogenated alkanes) is 9. The average molecular weight is 264 g/mol. The molecular weight excluding hydrogens is 239 g/mol. The molecule has 0 unspecified atom stereocenters. The summed E-state index contributed by atoms with van der Waals surface area (Å²) >= 11 is 0. The molecule has 0 spiro atoms. The molecule has 0 saturated heterocycles. The molecule has 0 radical (unpaired) electrons. The van der Waals surface area contributed by atoms with Crippen molar-refractivity contribution < 1.29 is 52.1 Å². The van der Waals surface area contributed by atoms with E-state index in [1.165, 1.54) is 57.8 Å². The van der Waals surface area contributed by atoms with Crippen LogP contribution in [0.4, 0.5) is 0 Å². The van der Waals surface area contributed by atoms with Gasteiger partial charge in [0.1, 0.15) is 0 Å². The molecule has 1 nitrogen and oxygen atoms in total. The maximum Gasteiger partial charge on any atom is 2.00 e. The van der Waals surface area contributed by atoms with Crippen LogP contribution in [-0.2, 0) is 22.5 Å². The van der Waals surface area contributed by atoms with Gasteiger partial charge < -0.3 is 12.4 Å². The van der Waals surface area contributed by atoms with Gasteiger partial charge in [-0.3, -0.25) is 0 Å². The molecule has 88 valence electrons. The molecular formula is C12H25FeNaO. The van der Waals surface area contributed by atoms with Crippen molar-refractivity contribution in [1.29, 1.82) is 0 Å². The van der Waals surface area contributed by atoms with Gasteiger partial charge in [0.2, 0.25) is 0 Å². The first-order chi connectivity index (χ1) is 5.91. The van der Waals surface area contributed by atoms with Crippen LogP contribution < -0.4 is 29.6 Å². The fraction of sp³-hybridized carbons (Fsp3) is 0.917. The van der Waals surface area contributed by atoms with Crippen LogP contribution in [0.1, 0.15) is 71.1 Å². The minimum atomic E-state index is 0. The molecule has 0 aliphatic rings. The summed E-state index contributed by atoms with van der Waals surface area (Å²) in [6.45, 7) is 6.12. The second-order valence-electron chi connectivity index (χ2n) is 3.68. The summed E-state index contributed by atoms with van der Waals surface area (Å²) in [5.41, 5.74) is 0. The van der Waals surface area contributed by atoms with Gasteiger partial charge in [-0.1, -0.05) is 64.7 Å². The third kappa shape index (κ3) is 25.6. The summed E-state index contributed by atoms with van der Waals surface area (Å²) in [6, 6.07) is 0. The Hall–Kier alpha value is 1.48. The summed E-state index contributed by atoms with van der Waals surface area (Å²) in [7, 11) is 0. The van der Waals surface area contributed by atoms with E-state index >= 15 is 0 Å². The van der Waals surface area contributed by atoms with E-state index in [1.807, 2.05) is 0 Å². The third-order valence-corrected chi connectivity index (χ3v) is 2.35. The summed E-state index contributed by atoms with van der Waals surface area (Å²) < 4.78 is 0. The monoisotopic (exact) mass is 264 g/mol. The first-order valence-electron chi connectivity index (χ1n) is 5.71. The fourth-order valence-electron chi connectivity index (χ4n) is 1.49. The molecule has 3 heteroatoms. The van der Waals surface area contributed by atoms with Crippen molar-refractivity contribution in [2.75, 3.05) is 0 Å². The van der Waals surface area contributed by atoms with Gasteiger partial charge in [-0.2, -0.15) is 6.42 Å². The van der Waals surface area contributed by atoms with Crippen molar-refractivity contribution in [3.05, 3.63) is 6.92 Å². The smallest absolute Gasteiger partial charge is 2.00 e. The zero-order valence-electron chi connectivity index (χ0n) is 10.5. The second-order valence-corrected chi connectivity index (χ2v) is 3.68. The van der Waals surface area contributed by atoms with Gasteiger partial charge in [0.05, 0.1) is 0 Å². The molecule has 0 fully saturated rings. The molecule has 0 aromatic rings. The first kappa shape index (κ1) is 25.4. The standard InChI is InChI=1S/C12H25.Fe.Na.O/c1-3-5-7-9-11-12-10-8-6-4-2;;;/h1,3-12H2,2H3;;;/q-1;+2;+1;-2. The number of rotatable bonds is 9. The van der Waals surface area contributed by atoms with Crippen molar-refractivity contribution in [2.45, 2.75) is 71.1 Å². The molecule has 0 bridgehead atoms. The molecule has 0 aromatic heterocycles. The van der Waals surface area contributed by atoms with Crippen LogP contribution in [0.3, 0.4) is 0 Å². The van der Waals surface area contributed by atoms with Gasteiger partial charge >= 0.3 is 46.6 Å². The van der Waals surface area contributed by atoms with E-state index in [0.29, 0.717) is 0 Å². The van der Waals surface area contributed by atoms with Crippen LogP contribution in [0.15, 0.2) is 0 Å². The third-order valence-electron chi connectivity index (χ3n) is 2.35. The Labute approximate surface area is 129 Å². The first-order valence-corrected chi connectivity index (χ1v) is 5.71. The maximum absolute atomic E-state index is 3.84.